The van der Waals surface area contributed by atoms with E-state index in [1.807, 2.05) is 0 Å². The molecule has 0 aliphatic rings. The fraction of sp³-hybridized carbons (Fsp3) is 0.136. The molecule has 2 heterocycles. The number of nitrogens with zero attached hydrogens (tertiary/aromatic N) is 2. The number of ether oxygens (including phenoxy) is 2. The van der Waals surface area contributed by atoms with Crippen LogP contribution >= 0.6 is 23.2 Å². The molecular weight excluding hydrogens is 441 g/mol. The van der Waals surface area contributed by atoms with E-state index < -0.39 is 6.10 Å². The predicted molar refractivity (Wildman–Crippen MR) is 119 cm³/mol. The SMILES string of the molecule is COc1ccc(-c2nc3ncccc3o2)cc1NC(=O)[C@H](C)Oc1ccc(Cl)cc1Cl. The summed E-state index contributed by atoms with van der Waals surface area (Å²) in [4.78, 5) is 21.3. The van der Waals surface area contributed by atoms with Crippen LogP contribution in [0.2, 0.25) is 10.0 Å². The maximum absolute atomic E-state index is 12.7. The first kappa shape index (κ1) is 21.0. The van der Waals surface area contributed by atoms with Crippen LogP contribution in [0.1, 0.15) is 6.92 Å². The summed E-state index contributed by atoms with van der Waals surface area (Å²) in [6, 6.07) is 13.6. The maximum Gasteiger partial charge on any atom is 0.265 e. The van der Waals surface area contributed by atoms with Gasteiger partial charge in [-0.2, -0.15) is 4.98 Å². The Kier molecular flexibility index (Phi) is 5.97. The van der Waals surface area contributed by atoms with Crippen LogP contribution in [-0.2, 0) is 4.79 Å². The molecule has 1 atom stereocenters. The quantitative estimate of drug-likeness (QED) is 0.404. The molecule has 0 aliphatic heterocycles. The minimum Gasteiger partial charge on any atom is -0.495 e. The Morgan fingerprint density at radius 3 is 2.68 bits per heavy atom. The van der Waals surface area contributed by atoms with Crippen molar-refractivity contribution in [1.82, 2.24) is 9.97 Å². The van der Waals surface area contributed by atoms with Crippen molar-refractivity contribution in [1.29, 1.82) is 0 Å². The monoisotopic (exact) mass is 457 g/mol. The zero-order chi connectivity index (χ0) is 22.0. The Labute approximate surface area is 187 Å². The summed E-state index contributed by atoms with van der Waals surface area (Å²) in [5, 5.41) is 3.61. The van der Waals surface area contributed by atoms with Crippen molar-refractivity contribution in [3.05, 3.63) is 64.8 Å². The number of hydrogen-bond acceptors (Lipinski definition) is 6. The second-order valence-electron chi connectivity index (χ2n) is 6.58. The lowest BCUT2D eigenvalue weighted by atomic mass is 10.1. The fourth-order valence-corrected chi connectivity index (χ4v) is 3.33. The molecule has 0 fully saturated rings. The zero-order valence-corrected chi connectivity index (χ0v) is 18.1. The number of fused-ring (bicyclic) bond motifs is 1. The van der Waals surface area contributed by atoms with E-state index in [4.69, 9.17) is 37.1 Å². The van der Waals surface area contributed by atoms with Gasteiger partial charge < -0.3 is 19.2 Å². The van der Waals surface area contributed by atoms with Gasteiger partial charge in [0.1, 0.15) is 11.5 Å². The number of hydrogen-bond donors (Lipinski definition) is 1. The molecule has 4 aromatic rings. The van der Waals surface area contributed by atoms with Gasteiger partial charge >= 0.3 is 0 Å². The number of methoxy groups -OCH3 is 1. The molecule has 0 radical (unpaired) electrons. The number of halogens is 2. The van der Waals surface area contributed by atoms with Gasteiger partial charge in [0, 0.05) is 16.8 Å². The molecule has 1 amide bonds. The van der Waals surface area contributed by atoms with Gasteiger partial charge in [-0.15, -0.1) is 0 Å². The molecular formula is C22H17Cl2N3O4. The van der Waals surface area contributed by atoms with Gasteiger partial charge in [0.25, 0.3) is 5.91 Å². The van der Waals surface area contributed by atoms with Gasteiger partial charge in [-0.3, -0.25) is 4.79 Å². The molecule has 2 aromatic heterocycles. The van der Waals surface area contributed by atoms with E-state index in [2.05, 4.69) is 15.3 Å². The standard InChI is InChI=1S/C22H17Cl2N3O4/c1-12(30-17-8-6-14(23)11-15(17)24)21(28)26-16-10-13(5-7-18(16)29-2)22-27-20-19(31-22)4-3-9-25-20/h3-12H,1-2H3,(H,26,28)/t12-/m0/s1. The van der Waals surface area contributed by atoms with E-state index in [-0.39, 0.29) is 5.91 Å². The summed E-state index contributed by atoms with van der Waals surface area (Å²) >= 11 is 12.0. The number of rotatable bonds is 6. The van der Waals surface area contributed by atoms with E-state index in [0.717, 1.165) is 0 Å². The van der Waals surface area contributed by atoms with Crippen molar-refractivity contribution in [2.75, 3.05) is 12.4 Å². The Hall–Kier alpha value is -3.29. The van der Waals surface area contributed by atoms with E-state index in [1.165, 1.54) is 7.11 Å². The molecule has 0 bridgehead atoms. The lowest BCUT2D eigenvalue weighted by Gasteiger charge is -2.17. The molecule has 158 valence electrons. The largest absolute Gasteiger partial charge is 0.495 e. The topological polar surface area (TPSA) is 86.5 Å². The first-order chi connectivity index (χ1) is 14.9. The van der Waals surface area contributed by atoms with E-state index in [0.29, 0.717) is 49.9 Å². The van der Waals surface area contributed by atoms with Crippen LogP contribution < -0.4 is 14.8 Å². The number of carbonyl (C=O) groups excluding carboxylic acids is 1. The van der Waals surface area contributed by atoms with Crippen molar-refractivity contribution in [2.45, 2.75) is 13.0 Å². The highest BCUT2D eigenvalue weighted by Crippen LogP contribution is 2.32. The molecule has 4 rings (SSSR count). The number of amides is 1. The van der Waals surface area contributed by atoms with Crippen LogP contribution in [0, 0.1) is 0 Å². The Bertz CT molecular complexity index is 1230. The Morgan fingerprint density at radius 1 is 1.13 bits per heavy atom. The Balaban J connectivity index is 1.56. The Morgan fingerprint density at radius 2 is 1.94 bits per heavy atom. The van der Waals surface area contributed by atoms with Crippen molar-refractivity contribution in [3.8, 4) is 23.0 Å². The van der Waals surface area contributed by atoms with Gasteiger partial charge in [0.05, 0.1) is 17.8 Å². The molecule has 2 aromatic carbocycles. The first-order valence-electron chi connectivity index (χ1n) is 9.27. The highest BCUT2D eigenvalue weighted by molar-refractivity contribution is 6.35. The second-order valence-corrected chi connectivity index (χ2v) is 7.43. The number of nitrogens with one attached hydrogen (secondary N) is 1. The summed E-state index contributed by atoms with van der Waals surface area (Å²) in [5.41, 5.74) is 2.17. The van der Waals surface area contributed by atoms with E-state index >= 15 is 0 Å². The van der Waals surface area contributed by atoms with Gasteiger partial charge in [-0.25, -0.2) is 4.98 Å². The van der Waals surface area contributed by atoms with Crippen molar-refractivity contribution >= 4 is 46.0 Å². The molecule has 0 saturated carbocycles. The third-order valence-electron chi connectivity index (χ3n) is 4.44. The third kappa shape index (κ3) is 4.57. The van der Waals surface area contributed by atoms with Crippen LogP contribution in [0.25, 0.3) is 22.7 Å². The maximum atomic E-state index is 12.7. The van der Waals surface area contributed by atoms with Gasteiger partial charge in [0.2, 0.25) is 5.89 Å². The van der Waals surface area contributed by atoms with E-state index in [9.17, 15) is 4.79 Å². The highest BCUT2D eigenvalue weighted by atomic mass is 35.5. The number of anilines is 1. The molecule has 0 saturated heterocycles. The summed E-state index contributed by atoms with van der Waals surface area (Å²) in [6.07, 6.45) is 0.809. The van der Waals surface area contributed by atoms with Crippen LogP contribution in [0.4, 0.5) is 5.69 Å². The number of pyridine rings is 1. The lowest BCUT2D eigenvalue weighted by molar-refractivity contribution is -0.122. The minimum atomic E-state index is -0.833. The molecule has 9 heteroatoms. The van der Waals surface area contributed by atoms with Crippen molar-refractivity contribution < 1.29 is 18.7 Å². The number of benzene rings is 2. The van der Waals surface area contributed by atoms with Crippen LogP contribution in [0.5, 0.6) is 11.5 Å². The molecule has 7 nitrogen and oxygen atoms in total. The third-order valence-corrected chi connectivity index (χ3v) is 4.97. The average molecular weight is 458 g/mol. The van der Waals surface area contributed by atoms with Gasteiger partial charge in [-0.05, 0) is 55.5 Å². The average Bonchev–Trinajstić information content (AvgIpc) is 3.20. The number of aromatic nitrogens is 2. The summed E-state index contributed by atoms with van der Waals surface area (Å²) in [7, 11) is 1.52. The van der Waals surface area contributed by atoms with Crippen LogP contribution in [-0.4, -0.2) is 29.1 Å². The minimum absolute atomic E-state index is 0.316. The fourth-order valence-electron chi connectivity index (χ4n) is 2.88. The molecule has 0 unspecified atom stereocenters. The first-order valence-corrected chi connectivity index (χ1v) is 10.0. The smallest absolute Gasteiger partial charge is 0.265 e. The summed E-state index contributed by atoms with van der Waals surface area (Å²) < 4.78 is 16.8. The van der Waals surface area contributed by atoms with Gasteiger partial charge in [0.15, 0.2) is 17.3 Å². The predicted octanol–water partition coefficient (Wildman–Crippen LogP) is 5.61. The van der Waals surface area contributed by atoms with Crippen LogP contribution in [0.15, 0.2) is 59.1 Å². The summed E-state index contributed by atoms with van der Waals surface area (Å²) in [5.74, 6) is 0.821. The zero-order valence-electron chi connectivity index (χ0n) is 16.6. The van der Waals surface area contributed by atoms with Gasteiger partial charge in [-0.1, -0.05) is 23.2 Å². The lowest BCUT2D eigenvalue weighted by Crippen LogP contribution is -2.30. The summed E-state index contributed by atoms with van der Waals surface area (Å²) in [6.45, 7) is 1.61. The van der Waals surface area contributed by atoms with Crippen molar-refractivity contribution in [3.63, 3.8) is 0 Å². The van der Waals surface area contributed by atoms with E-state index in [1.54, 1.807) is 61.7 Å². The molecule has 0 aliphatic carbocycles. The van der Waals surface area contributed by atoms with Crippen LogP contribution in [0.3, 0.4) is 0 Å². The molecule has 0 spiro atoms. The highest BCUT2D eigenvalue weighted by Gasteiger charge is 2.19. The molecule has 31 heavy (non-hydrogen) atoms. The van der Waals surface area contributed by atoms with Crippen molar-refractivity contribution in [2.24, 2.45) is 0 Å². The molecule has 1 N–H and O–H groups in total. The number of carbonyl (C=O) groups is 1. The number of oxazole rings is 1. The normalized spacial score (nSPS) is 11.9. The second kappa shape index (κ2) is 8.83.